The summed E-state index contributed by atoms with van der Waals surface area (Å²) in [6.07, 6.45) is -1.34. The minimum atomic E-state index is -1.44. The second-order valence-electron chi connectivity index (χ2n) is 0.995. The number of carboxylic acids is 1. The Labute approximate surface area is 105 Å². The number of aliphatic carboxylic acids is 1. The molecule has 0 fully saturated rings. The van der Waals surface area contributed by atoms with E-state index in [0.717, 1.165) is 6.92 Å². The molecule has 1 unspecified atom stereocenters. The van der Waals surface area contributed by atoms with Gasteiger partial charge in [-0.3, -0.25) is 0 Å². The van der Waals surface area contributed by atoms with E-state index in [-0.39, 0.29) is 73.1 Å². The molecule has 0 heterocycles. The SMILES string of the molecule is CC(O)C(=O)[O-].[K+].[Ti]. The van der Waals surface area contributed by atoms with E-state index < -0.39 is 12.1 Å². The van der Waals surface area contributed by atoms with Gasteiger partial charge in [-0.2, -0.15) is 0 Å². The van der Waals surface area contributed by atoms with Gasteiger partial charge in [-0.05, 0) is 6.92 Å². The van der Waals surface area contributed by atoms with E-state index in [4.69, 9.17) is 5.11 Å². The van der Waals surface area contributed by atoms with Gasteiger partial charge in [0.1, 0.15) is 0 Å². The standard InChI is InChI=1S/C3H6O3.K.Ti/c1-2(4)3(5)6;;/h2,4H,1H3,(H,5,6);;/q;+1;/p-1. The van der Waals surface area contributed by atoms with E-state index in [1.165, 1.54) is 0 Å². The molecule has 5 heteroatoms. The molecule has 0 radical (unpaired) electrons. The Kier molecular flexibility index (Phi) is 18.0. The van der Waals surface area contributed by atoms with Gasteiger partial charge in [0.2, 0.25) is 0 Å². The summed E-state index contributed by atoms with van der Waals surface area (Å²) in [7, 11) is 0. The van der Waals surface area contributed by atoms with Gasteiger partial charge in [0, 0.05) is 21.7 Å². The van der Waals surface area contributed by atoms with Crippen molar-refractivity contribution in [3.8, 4) is 0 Å². The second-order valence-corrected chi connectivity index (χ2v) is 0.995. The number of carbonyl (C=O) groups is 1. The van der Waals surface area contributed by atoms with E-state index in [2.05, 4.69) is 0 Å². The molecule has 3 nitrogen and oxygen atoms in total. The summed E-state index contributed by atoms with van der Waals surface area (Å²) < 4.78 is 0. The molecule has 8 heavy (non-hydrogen) atoms. The average Bonchev–Trinajstić information content (AvgIpc) is 1.36. The predicted molar refractivity (Wildman–Crippen MR) is 16.7 cm³/mol. The fraction of sp³-hybridized carbons (Fsp3) is 0.667. The molecule has 0 aliphatic heterocycles. The Morgan fingerprint density at radius 1 is 1.75 bits per heavy atom. The van der Waals surface area contributed by atoms with Gasteiger partial charge in [0.05, 0.1) is 12.1 Å². The monoisotopic (exact) mass is 176 g/mol. The average molecular weight is 176 g/mol. The topological polar surface area (TPSA) is 60.4 Å². The van der Waals surface area contributed by atoms with Crippen LogP contribution in [0.2, 0.25) is 0 Å². The van der Waals surface area contributed by atoms with Crippen molar-refractivity contribution in [1.82, 2.24) is 0 Å². The maximum atomic E-state index is 9.34. The van der Waals surface area contributed by atoms with E-state index in [1.807, 2.05) is 0 Å². The van der Waals surface area contributed by atoms with Crippen molar-refractivity contribution >= 4 is 5.97 Å². The van der Waals surface area contributed by atoms with Gasteiger partial charge < -0.3 is 15.0 Å². The molecule has 0 aliphatic rings. The van der Waals surface area contributed by atoms with Crippen molar-refractivity contribution in [1.29, 1.82) is 0 Å². The van der Waals surface area contributed by atoms with Crippen LogP contribution in [0.1, 0.15) is 6.92 Å². The summed E-state index contributed by atoms with van der Waals surface area (Å²) in [6.45, 7) is 1.13. The summed E-state index contributed by atoms with van der Waals surface area (Å²) in [4.78, 5) is 9.34. The normalized spacial score (nSPS) is 10.2. The number of rotatable bonds is 1. The van der Waals surface area contributed by atoms with Crippen molar-refractivity contribution in [2.45, 2.75) is 13.0 Å². The van der Waals surface area contributed by atoms with Crippen molar-refractivity contribution in [2.75, 3.05) is 0 Å². The minimum Gasteiger partial charge on any atom is -0.547 e. The third kappa shape index (κ3) is 10.7. The van der Waals surface area contributed by atoms with Gasteiger partial charge in [0.25, 0.3) is 0 Å². The van der Waals surface area contributed by atoms with Crippen LogP contribution in [-0.4, -0.2) is 17.2 Å². The molecule has 40 valence electrons. The third-order valence-electron chi connectivity index (χ3n) is 0.341. The summed E-state index contributed by atoms with van der Waals surface area (Å²) in [5, 5.41) is 17.3. The Hall–Kier alpha value is 1.78. The quantitative estimate of drug-likeness (QED) is 0.407. The molecule has 0 saturated carbocycles. The Balaban J connectivity index is -0.000000125. The number of aliphatic hydroxyl groups is 1. The van der Waals surface area contributed by atoms with Gasteiger partial charge in [0.15, 0.2) is 0 Å². The summed E-state index contributed by atoms with van der Waals surface area (Å²) >= 11 is 0. The molecular formula is C3H5KO3Ti. The first kappa shape index (κ1) is 16.4. The fourth-order valence-corrected chi connectivity index (χ4v) is 0. The fourth-order valence-electron chi connectivity index (χ4n) is 0. The van der Waals surface area contributed by atoms with Crippen LogP contribution in [0.15, 0.2) is 0 Å². The predicted octanol–water partition coefficient (Wildman–Crippen LogP) is -4.88. The summed E-state index contributed by atoms with van der Waals surface area (Å²) in [6, 6.07) is 0. The molecular weight excluding hydrogens is 171 g/mol. The largest absolute Gasteiger partial charge is 1.00 e. The van der Waals surface area contributed by atoms with Crippen molar-refractivity contribution in [3.63, 3.8) is 0 Å². The molecule has 0 amide bonds. The summed E-state index contributed by atoms with van der Waals surface area (Å²) in [5.74, 6) is -1.44. The molecule has 0 aromatic heterocycles. The van der Waals surface area contributed by atoms with Gasteiger partial charge in [-0.1, -0.05) is 0 Å². The van der Waals surface area contributed by atoms with Gasteiger partial charge in [-0.15, -0.1) is 0 Å². The molecule has 0 bridgehead atoms. The van der Waals surface area contributed by atoms with Gasteiger partial charge >= 0.3 is 51.4 Å². The molecule has 0 aromatic rings. The zero-order valence-corrected chi connectivity index (χ0v) is 9.53. The zero-order valence-electron chi connectivity index (χ0n) is 4.84. The molecule has 0 aliphatic carbocycles. The Morgan fingerprint density at radius 3 is 1.88 bits per heavy atom. The number of aliphatic hydroxyl groups excluding tert-OH is 1. The number of carboxylic acid groups (broad SMARTS) is 1. The first-order valence-corrected chi connectivity index (χ1v) is 1.53. The second kappa shape index (κ2) is 8.78. The molecule has 1 N–H and O–H groups in total. The van der Waals surface area contributed by atoms with Crippen molar-refractivity contribution in [2.24, 2.45) is 0 Å². The maximum Gasteiger partial charge on any atom is 1.00 e. The van der Waals surface area contributed by atoms with Crippen LogP contribution in [0.4, 0.5) is 0 Å². The van der Waals surface area contributed by atoms with Crippen LogP contribution in [0.3, 0.4) is 0 Å². The maximum absolute atomic E-state index is 9.34. The van der Waals surface area contributed by atoms with Crippen molar-refractivity contribution < 1.29 is 88.1 Å². The number of carbonyl (C=O) groups excluding carboxylic acids is 1. The van der Waals surface area contributed by atoms with Crippen LogP contribution in [0.25, 0.3) is 0 Å². The first-order chi connectivity index (χ1) is 2.64. The molecule has 0 rings (SSSR count). The smallest absolute Gasteiger partial charge is 0.547 e. The zero-order chi connectivity index (χ0) is 5.15. The number of hydrogen-bond donors (Lipinski definition) is 1. The minimum absolute atomic E-state index is 0. The van der Waals surface area contributed by atoms with E-state index in [0.29, 0.717) is 0 Å². The van der Waals surface area contributed by atoms with Crippen molar-refractivity contribution in [3.05, 3.63) is 0 Å². The third-order valence-corrected chi connectivity index (χ3v) is 0.341. The first-order valence-electron chi connectivity index (χ1n) is 1.53. The van der Waals surface area contributed by atoms with Crippen LogP contribution in [-0.2, 0) is 26.5 Å². The van der Waals surface area contributed by atoms with Crippen LogP contribution in [0, 0.1) is 0 Å². The number of hydrogen-bond acceptors (Lipinski definition) is 3. The molecule has 0 spiro atoms. The van der Waals surface area contributed by atoms with Crippen LogP contribution >= 0.6 is 0 Å². The van der Waals surface area contributed by atoms with E-state index in [9.17, 15) is 9.90 Å². The van der Waals surface area contributed by atoms with Gasteiger partial charge in [-0.25, -0.2) is 0 Å². The van der Waals surface area contributed by atoms with E-state index in [1.54, 1.807) is 0 Å². The Morgan fingerprint density at radius 2 is 1.88 bits per heavy atom. The molecule has 1 atom stereocenters. The Bertz CT molecular complexity index is 65.5. The van der Waals surface area contributed by atoms with Crippen LogP contribution < -0.4 is 56.5 Å². The van der Waals surface area contributed by atoms with E-state index >= 15 is 0 Å². The summed E-state index contributed by atoms with van der Waals surface area (Å²) in [5.41, 5.74) is 0. The van der Waals surface area contributed by atoms with Crippen LogP contribution in [0.5, 0.6) is 0 Å². The molecule has 0 aromatic carbocycles. The molecule has 0 saturated heterocycles.